The molecule has 0 radical (unpaired) electrons. The molecule has 2 heterocycles. The summed E-state index contributed by atoms with van der Waals surface area (Å²) in [6, 6.07) is 11.6. The summed E-state index contributed by atoms with van der Waals surface area (Å²) in [5.41, 5.74) is 1.35. The fraction of sp³-hybridized carbons (Fsp3) is 0.100. The molecule has 3 aromatic rings. The number of hydrogen-bond acceptors (Lipinski definition) is 4. The Balaban J connectivity index is 1.93. The summed E-state index contributed by atoms with van der Waals surface area (Å²) in [7, 11) is 0. The topological polar surface area (TPSA) is 75.2 Å². The molecular weight excluding hydrogens is 383 g/mol. The van der Waals surface area contributed by atoms with E-state index in [0.717, 1.165) is 0 Å². The van der Waals surface area contributed by atoms with Crippen LogP contribution in [-0.4, -0.2) is 33.2 Å². The van der Waals surface area contributed by atoms with E-state index in [1.54, 1.807) is 36.4 Å². The first-order chi connectivity index (χ1) is 13.5. The molecule has 140 valence electrons. The summed E-state index contributed by atoms with van der Waals surface area (Å²) in [4.78, 5) is 34.7. The van der Waals surface area contributed by atoms with Crippen molar-refractivity contribution in [3.8, 4) is 0 Å². The Hall–Kier alpha value is -3.32. The SMILES string of the molecule is O=C1CN(C(=O)c2ccncn2)C(c2ccccc2F)c2cc(Cl)ccc2N1. The van der Waals surface area contributed by atoms with Crippen LogP contribution in [0.3, 0.4) is 0 Å². The summed E-state index contributed by atoms with van der Waals surface area (Å²) in [6.07, 6.45) is 2.68. The maximum Gasteiger partial charge on any atom is 0.273 e. The third kappa shape index (κ3) is 3.32. The quantitative estimate of drug-likeness (QED) is 0.719. The van der Waals surface area contributed by atoms with Gasteiger partial charge in [0.25, 0.3) is 5.91 Å². The van der Waals surface area contributed by atoms with Crippen LogP contribution >= 0.6 is 11.6 Å². The zero-order chi connectivity index (χ0) is 19.7. The van der Waals surface area contributed by atoms with Crippen molar-refractivity contribution in [1.29, 1.82) is 0 Å². The smallest absolute Gasteiger partial charge is 0.273 e. The molecule has 1 aromatic heterocycles. The summed E-state index contributed by atoms with van der Waals surface area (Å²) < 4.78 is 14.7. The predicted molar refractivity (Wildman–Crippen MR) is 101 cm³/mol. The average Bonchev–Trinajstić information content (AvgIpc) is 2.84. The van der Waals surface area contributed by atoms with Gasteiger partial charge in [-0.2, -0.15) is 0 Å². The molecule has 1 aliphatic heterocycles. The number of carbonyl (C=O) groups excluding carboxylic acids is 2. The number of nitrogens with zero attached hydrogens (tertiary/aromatic N) is 3. The van der Waals surface area contributed by atoms with Gasteiger partial charge in [0.1, 0.15) is 24.4 Å². The Morgan fingerprint density at radius 2 is 2.00 bits per heavy atom. The molecule has 28 heavy (non-hydrogen) atoms. The number of nitrogens with one attached hydrogen (secondary N) is 1. The lowest BCUT2D eigenvalue weighted by molar-refractivity contribution is -0.117. The molecule has 0 saturated heterocycles. The number of aromatic nitrogens is 2. The van der Waals surface area contributed by atoms with E-state index in [4.69, 9.17) is 11.6 Å². The van der Waals surface area contributed by atoms with Crippen LogP contribution in [0.2, 0.25) is 5.02 Å². The first kappa shape index (κ1) is 18.1. The van der Waals surface area contributed by atoms with Gasteiger partial charge in [0, 0.05) is 28.0 Å². The van der Waals surface area contributed by atoms with Crippen molar-refractivity contribution in [1.82, 2.24) is 14.9 Å². The normalized spacial score (nSPS) is 16.1. The van der Waals surface area contributed by atoms with Gasteiger partial charge in [-0.1, -0.05) is 29.8 Å². The molecule has 6 nitrogen and oxygen atoms in total. The molecule has 0 fully saturated rings. The number of carbonyl (C=O) groups is 2. The van der Waals surface area contributed by atoms with E-state index in [0.29, 0.717) is 16.3 Å². The second-order valence-electron chi connectivity index (χ2n) is 6.23. The lowest BCUT2D eigenvalue weighted by Gasteiger charge is -2.30. The summed E-state index contributed by atoms with van der Waals surface area (Å²) >= 11 is 6.17. The molecule has 0 saturated carbocycles. The van der Waals surface area contributed by atoms with Crippen LogP contribution in [0.15, 0.2) is 61.1 Å². The van der Waals surface area contributed by atoms with Gasteiger partial charge in [-0.3, -0.25) is 9.59 Å². The van der Waals surface area contributed by atoms with Crippen molar-refractivity contribution in [3.63, 3.8) is 0 Å². The van der Waals surface area contributed by atoms with Crippen molar-refractivity contribution < 1.29 is 14.0 Å². The number of amides is 2. The molecule has 0 aliphatic carbocycles. The summed E-state index contributed by atoms with van der Waals surface area (Å²) in [6.45, 7) is -0.270. The maximum absolute atomic E-state index is 14.7. The van der Waals surface area contributed by atoms with Crippen molar-refractivity contribution in [2.75, 3.05) is 11.9 Å². The molecule has 2 aromatic carbocycles. The standard InChI is InChI=1S/C20H14ClFN4O2/c21-12-5-6-16-14(9-12)19(13-3-1-2-4-15(13)22)26(10-18(27)25-16)20(28)17-7-8-23-11-24-17/h1-9,11,19H,10H2,(H,25,27). The highest BCUT2D eigenvalue weighted by molar-refractivity contribution is 6.30. The second-order valence-corrected chi connectivity index (χ2v) is 6.67. The lowest BCUT2D eigenvalue weighted by Crippen LogP contribution is -2.39. The van der Waals surface area contributed by atoms with Crippen molar-refractivity contribution in [2.45, 2.75) is 6.04 Å². The third-order valence-corrected chi connectivity index (χ3v) is 4.70. The summed E-state index contributed by atoms with van der Waals surface area (Å²) in [5.74, 6) is -1.41. The fourth-order valence-electron chi connectivity index (χ4n) is 3.26. The van der Waals surface area contributed by atoms with Crippen LogP contribution in [0.5, 0.6) is 0 Å². The van der Waals surface area contributed by atoms with E-state index in [2.05, 4.69) is 15.3 Å². The zero-order valence-electron chi connectivity index (χ0n) is 14.5. The monoisotopic (exact) mass is 396 g/mol. The highest BCUT2D eigenvalue weighted by Crippen LogP contribution is 2.38. The minimum Gasteiger partial charge on any atom is -0.324 e. The van der Waals surface area contributed by atoms with Gasteiger partial charge in [-0.05, 0) is 30.3 Å². The van der Waals surface area contributed by atoms with Gasteiger partial charge in [0.15, 0.2) is 0 Å². The average molecular weight is 397 g/mol. The van der Waals surface area contributed by atoms with E-state index in [1.165, 1.54) is 29.6 Å². The molecule has 4 rings (SSSR count). The molecule has 1 unspecified atom stereocenters. The van der Waals surface area contributed by atoms with Crippen LogP contribution < -0.4 is 5.32 Å². The number of hydrogen-bond donors (Lipinski definition) is 1. The van der Waals surface area contributed by atoms with Crippen LogP contribution in [-0.2, 0) is 4.79 Å². The Morgan fingerprint density at radius 1 is 1.18 bits per heavy atom. The van der Waals surface area contributed by atoms with Crippen molar-refractivity contribution >= 4 is 29.1 Å². The van der Waals surface area contributed by atoms with Gasteiger partial charge < -0.3 is 10.2 Å². The van der Waals surface area contributed by atoms with Gasteiger partial charge in [-0.25, -0.2) is 14.4 Å². The third-order valence-electron chi connectivity index (χ3n) is 4.47. The highest BCUT2D eigenvalue weighted by atomic mass is 35.5. The number of anilines is 1. The predicted octanol–water partition coefficient (Wildman–Crippen LogP) is 3.45. The molecule has 8 heteroatoms. The maximum atomic E-state index is 14.7. The molecule has 1 atom stereocenters. The molecule has 0 spiro atoms. The lowest BCUT2D eigenvalue weighted by atomic mass is 9.95. The Morgan fingerprint density at radius 3 is 2.75 bits per heavy atom. The zero-order valence-corrected chi connectivity index (χ0v) is 15.2. The van der Waals surface area contributed by atoms with Gasteiger partial charge >= 0.3 is 0 Å². The second kappa shape index (κ2) is 7.36. The van der Waals surface area contributed by atoms with Crippen LogP contribution in [0.4, 0.5) is 10.1 Å². The first-order valence-electron chi connectivity index (χ1n) is 8.45. The molecule has 1 N–H and O–H groups in total. The largest absolute Gasteiger partial charge is 0.324 e. The highest BCUT2D eigenvalue weighted by Gasteiger charge is 2.35. The van der Waals surface area contributed by atoms with E-state index < -0.39 is 23.7 Å². The van der Waals surface area contributed by atoms with Crippen molar-refractivity contribution in [2.24, 2.45) is 0 Å². The van der Waals surface area contributed by atoms with E-state index in [1.807, 2.05) is 0 Å². The van der Waals surface area contributed by atoms with E-state index >= 15 is 0 Å². The van der Waals surface area contributed by atoms with Crippen LogP contribution in [0, 0.1) is 5.82 Å². The number of fused-ring (bicyclic) bond motifs is 1. The molecule has 1 aliphatic rings. The van der Waals surface area contributed by atoms with Gasteiger partial charge in [0.05, 0.1) is 6.04 Å². The Labute approximate surface area is 165 Å². The fourth-order valence-corrected chi connectivity index (χ4v) is 3.44. The minimum absolute atomic E-state index is 0.106. The minimum atomic E-state index is -0.865. The number of halogens is 2. The molecular formula is C20H14ClFN4O2. The number of rotatable bonds is 2. The van der Waals surface area contributed by atoms with Gasteiger partial charge in [-0.15, -0.1) is 0 Å². The Bertz CT molecular complexity index is 1060. The molecule has 0 bridgehead atoms. The van der Waals surface area contributed by atoms with Gasteiger partial charge in [0.2, 0.25) is 5.91 Å². The van der Waals surface area contributed by atoms with E-state index in [-0.39, 0.29) is 17.8 Å². The Kier molecular flexibility index (Phi) is 4.75. The first-order valence-corrected chi connectivity index (χ1v) is 8.83. The van der Waals surface area contributed by atoms with Crippen LogP contribution in [0.25, 0.3) is 0 Å². The number of benzene rings is 2. The van der Waals surface area contributed by atoms with E-state index in [9.17, 15) is 14.0 Å². The summed E-state index contributed by atoms with van der Waals surface area (Å²) in [5, 5.41) is 3.17. The van der Waals surface area contributed by atoms with Crippen molar-refractivity contribution in [3.05, 3.63) is 88.7 Å². The van der Waals surface area contributed by atoms with Crippen LogP contribution in [0.1, 0.15) is 27.7 Å². The molecule has 2 amide bonds.